The molecule has 2 aromatic carbocycles. The molecule has 0 aliphatic carbocycles. The van der Waals surface area contributed by atoms with Gasteiger partial charge >= 0.3 is 0 Å². The molecule has 132 valence electrons. The largest absolute Gasteiger partial charge is 0.326 e. The number of benzene rings is 2. The van der Waals surface area contributed by atoms with E-state index < -0.39 is 10.0 Å². The lowest BCUT2D eigenvalue weighted by molar-refractivity contribution is -0.114. The summed E-state index contributed by atoms with van der Waals surface area (Å²) >= 11 is 6.27. The summed E-state index contributed by atoms with van der Waals surface area (Å²) in [4.78, 5) is 11.3. The molecule has 7 heteroatoms. The summed E-state index contributed by atoms with van der Waals surface area (Å²) in [6.45, 7) is 1.87. The average Bonchev–Trinajstić information content (AvgIpc) is 3.05. The second-order valence-corrected chi connectivity index (χ2v) is 8.30. The minimum absolute atomic E-state index is 0.200. The number of amides is 1. The van der Waals surface area contributed by atoms with Crippen LogP contribution in [0.3, 0.4) is 0 Å². The van der Waals surface area contributed by atoms with Crippen molar-refractivity contribution in [1.82, 2.24) is 4.31 Å². The zero-order valence-corrected chi connectivity index (χ0v) is 15.3. The molecule has 0 radical (unpaired) electrons. The van der Waals surface area contributed by atoms with E-state index in [1.807, 2.05) is 18.2 Å². The maximum atomic E-state index is 13.1. The summed E-state index contributed by atoms with van der Waals surface area (Å²) in [5.74, 6) is -0.200. The zero-order valence-electron chi connectivity index (χ0n) is 13.8. The number of nitrogens with one attached hydrogen (secondary N) is 1. The Morgan fingerprint density at radius 1 is 1.16 bits per heavy atom. The maximum Gasteiger partial charge on any atom is 0.243 e. The van der Waals surface area contributed by atoms with Gasteiger partial charge in [0.1, 0.15) is 0 Å². The lowest BCUT2D eigenvalue weighted by Crippen LogP contribution is -2.30. The molecule has 3 rings (SSSR count). The van der Waals surface area contributed by atoms with Gasteiger partial charge in [0.25, 0.3) is 0 Å². The Morgan fingerprint density at radius 2 is 1.84 bits per heavy atom. The Kier molecular flexibility index (Phi) is 5.13. The highest BCUT2D eigenvalue weighted by molar-refractivity contribution is 7.89. The molecule has 1 aliphatic heterocycles. The van der Waals surface area contributed by atoms with Gasteiger partial charge in [-0.3, -0.25) is 4.79 Å². The lowest BCUT2D eigenvalue weighted by Gasteiger charge is -2.25. The van der Waals surface area contributed by atoms with Crippen LogP contribution in [-0.2, 0) is 14.8 Å². The van der Waals surface area contributed by atoms with E-state index in [4.69, 9.17) is 11.6 Å². The molecule has 2 aromatic rings. The maximum absolute atomic E-state index is 13.1. The van der Waals surface area contributed by atoms with Gasteiger partial charge in [0.2, 0.25) is 15.9 Å². The minimum Gasteiger partial charge on any atom is -0.326 e. The van der Waals surface area contributed by atoms with Gasteiger partial charge in [-0.2, -0.15) is 4.31 Å². The van der Waals surface area contributed by atoms with Gasteiger partial charge in [0.05, 0.1) is 10.9 Å². The average molecular weight is 379 g/mol. The summed E-state index contributed by atoms with van der Waals surface area (Å²) < 4.78 is 27.6. The highest BCUT2D eigenvalue weighted by Gasteiger charge is 2.36. The van der Waals surface area contributed by atoms with Gasteiger partial charge in [0.15, 0.2) is 0 Å². The van der Waals surface area contributed by atoms with Gasteiger partial charge in [-0.15, -0.1) is 0 Å². The van der Waals surface area contributed by atoms with Crippen molar-refractivity contribution in [3.8, 4) is 0 Å². The number of carbonyl (C=O) groups excluding carboxylic acids is 1. The predicted molar refractivity (Wildman–Crippen MR) is 98.1 cm³/mol. The van der Waals surface area contributed by atoms with Gasteiger partial charge in [0, 0.05) is 24.2 Å². The number of anilines is 1. The van der Waals surface area contributed by atoms with Crippen molar-refractivity contribution in [3.63, 3.8) is 0 Å². The van der Waals surface area contributed by atoms with Crippen LogP contribution in [-0.4, -0.2) is 25.2 Å². The van der Waals surface area contributed by atoms with E-state index in [0.29, 0.717) is 17.3 Å². The normalized spacial score (nSPS) is 18.2. The molecule has 0 aromatic heterocycles. The van der Waals surface area contributed by atoms with Crippen molar-refractivity contribution in [2.24, 2.45) is 0 Å². The molecular formula is C18H19ClN2O3S. The Bertz CT molecular complexity index is 881. The molecule has 1 fully saturated rings. The summed E-state index contributed by atoms with van der Waals surface area (Å²) in [7, 11) is -3.64. The molecule has 1 N–H and O–H groups in total. The molecule has 1 aliphatic rings. The highest BCUT2D eigenvalue weighted by atomic mass is 35.5. The summed E-state index contributed by atoms with van der Waals surface area (Å²) in [5.41, 5.74) is 1.40. The fourth-order valence-electron chi connectivity index (χ4n) is 3.13. The fourth-order valence-corrected chi connectivity index (χ4v) is 5.07. The number of hydrogen-bond acceptors (Lipinski definition) is 3. The third-order valence-electron chi connectivity index (χ3n) is 4.25. The van der Waals surface area contributed by atoms with E-state index in [-0.39, 0.29) is 16.8 Å². The second-order valence-electron chi connectivity index (χ2n) is 6.00. The van der Waals surface area contributed by atoms with Crippen LogP contribution in [0.1, 0.15) is 31.4 Å². The molecule has 1 heterocycles. The van der Waals surface area contributed by atoms with E-state index in [2.05, 4.69) is 5.32 Å². The van der Waals surface area contributed by atoms with Crippen LogP contribution in [0.5, 0.6) is 0 Å². The minimum atomic E-state index is -3.64. The predicted octanol–water partition coefficient (Wildman–Crippen LogP) is 3.82. The van der Waals surface area contributed by atoms with Crippen LogP contribution in [0.25, 0.3) is 0 Å². The van der Waals surface area contributed by atoms with Crippen LogP contribution in [0.15, 0.2) is 53.4 Å². The van der Waals surface area contributed by atoms with Gasteiger partial charge in [-0.05, 0) is 48.7 Å². The van der Waals surface area contributed by atoms with E-state index >= 15 is 0 Å². The SMILES string of the molecule is CC(=O)Nc1ccc(S(=O)(=O)N2CCC[C@H]2c2ccccc2Cl)cc1. The Labute approximate surface area is 152 Å². The van der Waals surface area contributed by atoms with Crippen LogP contribution < -0.4 is 5.32 Å². The van der Waals surface area contributed by atoms with Crippen molar-refractivity contribution in [3.05, 3.63) is 59.1 Å². The standard InChI is InChI=1S/C18H19ClN2O3S/c1-13(22)20-14-8-10-15(11-9-14)25(23,24)21-12-4-7-18(21)16-5-2-3-6-17(16)19/h2-3,5-6,8-11,18H,4,7,12H2,1H3,(H,20,22)/t18-/m0/s1. The molecule has 25 heavy (non-hydrogen) atoms. The topological polar surface area (TPSA) is 66.5 Å². The van der Waals surface area contributed by atoms with Crippen LogP contribution >= 0.6 is 11.6 Å². The first kappa shape index (κ1) is 17.9. The fraction of sp³-hybridized carbons (Fsp3) is 0.278. The summed E-state index contributed by atoms with van der Waals surface area (Å²) in [6.07, 6.45) is 1.53. The lowest BCUT2D eigenvalue weighted by atomic mass is 10.1. The number of nitrogens with zero attached hydrogens (tertiary/aromatic N) is 1. The molecule has 0 unspecified atom stereocenters. The van der Waals surface area contributed by atoms with Crippen LogP contribution in [0.4, 0.5) is 5.69 Å². The molecule has 1 amide bonds. The van der Waals surface area contributed by atoms with Crippen molar-refractivity contribution in [2.75, 3.05) is 11.9 Å². The quantitative estimate of drug-likeness (QED) is 0.879. The zero-order chi connectivity index (χ0) is 18.0. The molecule has 1 atom stereocenters. The van der Waals surface area contributed by atoms with E-state index in [9.17, 15) is 13.2 Å². The molecule has 0 spiro atoms. The monoisotopic (exact) mass is 378 g/mol. The molecule has 0 saturated carbocycles. The molecular weight excluding hydrogens is 360 g/mol. The molecule has 1 saturated heterocycles. The van der Waals surface area contributed by atoms with Crippen LogP contribution in [0.2, 0.25) is 5.02 Å². The Balaban J connectivity index is 1.91. The van der Waals surface area contributed by atoms with Crippen molar-refractivity contribution in [1.29, 1.82) is 0 Å². The Morgan fingerprint density at radius 3 is 2.48 bits per heavy atom. The Hall–Kier alpha value is -1.89. The third-order valence-corrected chi connectivity index (χ3v) is 6.52. The third kappa shape index (κ3) is 3.71. The first-order valence-corrected chi connectivity index (χ1v) is 9.85. The smallest absolute Gasteiger partial charge is 0.243 e. The van der Waals surface area contributed by atoms with Crippen molar-refractivity contribution >= 4 is 33.2 Å². The second kappa shape index (κ2) is 7.15. The van der Waals surface area contributed by atoms with E-state index in [1.54, 1.807) is 18.2 Å². The first-order valence-electron chi connectivity index (χ1n) is 8.03. The van der Waals surface area contributed by atoms with E-state index in [0.717, 1.165) is 18.4 Å². The van der Waals surface area contributed by atoms with Gasteiger partial charge < -0.3 is 5.32 Å². The highest BCUT2D eigenvalue weighted by Crippen LogP contribution is 2.39. The summed E-state index contributed by atoms with van der Waals surface area (Å²) in [6, 6.07) is 13.3. The number of hydrogen-bond donors (Lipinski definition) is 1. The van der Waals surface area contributed by atoms with Crippen molar-refractivity contribution < 1.29 is 13.2 Å². The number of sulfonamides is 1. The summed E-state index contributed by atoms with van der Waals surface area (Å²) in [5, 5.41) is 3.21. The molecule has 5 nitrogen and oxygen atoms in total. The van der Waals surface area contributed by atoms with Crippen molar-refractivity contribution in [2.45, 2.75) is 30.7 Å². The number of rotatable bonds is 4. The number of halogens is 1. The van der Waals surface area contributed by atoms with E-state index in [1.165, 1.54) is 23.4 Å². The molecule has 0 bridgehead atoms. The van der Waals surface area contributed by atoms with Gasteiger partial charge in [-0.1, -0.05) is 29.8 Å². The first-order chi connectivity index (χ1) is 11.9. The van der Waals surface area contributed by atoms with Crippen LogP contribution in [0, 0.1) is 0 Å². The number of carbonyl (C=O) groups is 1. The van der Waals surface area contributed by atoms with Gasteiger partial charge in [-0.25, -0.2) is 8.42 Å².